The molecule has 0 unspecified atom stereocenters. The lowest BCUT2D eigenvalue weighted by molar-refractivity contribution is -0.148. The molecule has 0 radical (unpaired) electrons. The van der Waals surface area contributed by atoms with Gasteiger partial charge in [0.15, 0.2) is 0 Å². The number of nitrogens with one attached hydrogen (secondary N) is 3. The van der Waals surface area contributed by atoms with Crippen molar-refractivity contribution in [1.29, 1.82) is 0 Å². The second kappa shape index (κ2) is 20.5. The number of β-amino-alcohol motifs (C(OH)–C–C–N with tert-alkyl or cyclic N) is 1. The SMILES string of the molecule is B[C@H](CC(C)C)NC(=O)[C@H](C)[C@@H](OC)[C@@H]1C[C@@H](O)CN1C(=O)C[C@@H](OC)[C@H]([C@@H](C)CC)N(C)C(=O)[C@@H](NC(=O)[C@@H](NC)C(C)C)C(C)C. The second-order valence-corrected chi connectivity index (χ2v) is 15.1. The van der Waals surface area contributed by atoms with E-state index in [-0.39, 0.29) is 66.7 Å². The Labute approximate surface area is 291 Å². The number of aliphatic hydroxyl groups is 1. The Kier molecular flexibility index (Phi) is 18.7. The smallest absolute Gasteiger partial charge is 0.245 e. The molecule has 0 spiro atoms. The fraction of sp³-hybridized carbons (Fsp3) is 0.886. The van der Waals surface area contributed by atoms with E-state index < -0.39 is 48.4 Å². The molecule has 13 heteroatoms. The predicted octanol–water partition coefficient (Wildman–Crippen LogP) is 1.38. The van der Waals surface area contributed by atoms with Crippen LogP contribution in [0.1, 0.15) is 88.0 Å². The summed E-state index contributed by atoms with van der Waals surface area (Å²) in [7, 11) is 8.47. The molecule has 12 nitrogen and oxygen atoms in total. The number of likely N-dealkylation sites (tertiary alicyclic amines) is 1. The molecule has 10 atom stereocenters. The van der Waals surface area contributed by atoms with Gasteiger partial charge in [0.05, 0.1) is 48.8 Å². The minimum Gasteiger partial charge on any atom is -0.391 e. The van der Waals surface area contributed by atoms with Crippen molar-refractivity contribution in [2.45, 2.75) is 136 Å². The van der Waals surface area contributed by atoms with E-state index >= 15 is 0 Å². The number of hydrogen-bond donors (Lipinski definition) is 4. The van der Waals surface area contributed by atoms with Gasteiger partial charge in [0.25, 0.3) is 0 Å². The third-order valence-electron chi connectivity index (χ3n) is 9.98. The number of likely N-dealkylation sites (N-methyl/N-ethyl adjacent to an activating group) is 2. The summed E-state index contributed by atoms with van der Waals surface area (Å²) in [6.07, 6.45) is -0.239. The number of methoxy groups -OCH3 is 2. The van der Waals surface area contributed by atoms with Crippen molar-refractivity contribution < 1.29 is 33.8 Å². The van der Waals surface area contributed by atoms with Gasteiger partial charge in [-0.3, -0.25) is 19.2 Å². The normalized spacial score (nSPS) is 21.7. The second-order valence-electron chi connectivity index (χ2n) is 15.1. The Balaban J connectivity index is 3.28. The first-order valence-electron chi connectivity index (χ1n) is 17.9. The van der Waals surface area contributed by atoms with E-state index in [0.717, 1.165) is 12.8 Å². The summed E-state index contributed by atoms with van der Waals surface area (Å²) in [5.41, 5.74) is 0. The molecule has 1 rings (SSSR count). The van der Waals surface area contributed by atoms with Crippen LogP contribution in [0.4, 0.5) is 0 Å². The molecule has 0 bridgehead atoms. The van der Waals surface area contributed by atoms with Crippen molar-refractivity contribution in [3.8, 4) is 0 Å². The van der Waals surface area contributed by atoms with Crippen LogP contribution in [0.2, 0.25) is 0 Å². The summed E-state index contributed by atoms with van der Waals surface area (Å²) in [6, 6.07) is -2.21. The van der Waals surface area contributed by atoms with Gasteiger partial charge in [0, 0.05) is 27.8 Å². The topological polar surface area (TPSA) is 150 Å². The standard InChI is InChI=1S/C35H68BN5O7/c1-14-22(8)31(40(11)35(46)30(21(6)7)39-34(45)29(37-10)20(4)5)26(47-12)17-28(43)41-18-24(42)16-25(41)32(48-13)23(9)33(44)38-27(36)15-19(2)3/h19-27,29-32,37,42H,14-18,36H2,1-13H3,(H,38,44)(H,39,45)/t22-,23+,24+,25-,26+,27-,29-,30-,31-,32+/m0/s1. The summed E-state index contributed by atoms with van der Waals surface area (Å²) in [6.45, 7) is 17.8. The average molecular weight is 682 g/mol. The van der Waals surface area contributed by atoms with E-state index in [9.17, 15) is 24.3 Å². The largest absolute Gasteiger partial charge is 0.391 e. The first kappa shape index (κ1) is 43.8. The molecule has 1 fully saturated rings. The molecule has 0 aromatic rings. The van der Waals surface area contributed by atoms with Crippen molar-refractivity contribution in [1.82, 2.24) is 25.8 Å². The van der Waals surface area contributed by atoms with Crippen LogP contribution in [0, 0.1) is 29.6 Å². The van der Waals surface area contributed by atoms with Crippen molar-refractivity contribution in [2.24, 2.45) is 29.6 Å². The van der Waals surface area contributed by atoms with Crippen LogP contribution >= 0.6 is 0 Å². The van der Waals surface area contributed by atoms with E-state index in [0.29, 0.717) is 5.92 Å². The molecule has 0 aromatic heterocycles. The number of rotatable bonds is 20. The molecular weight excluding hydrogens is 613 g/mol. The molecule has 4 amide bonds. The van der Waals surface area contributed by atoms with Gasteiger partial charge in [-0.25, -0.2) is 0 Å². The lowest BCUT2D eigenvalue weighted by Crippen LogP contribution is -2.59. The van der Waals surface area contributed by atoms with Gasteiger partial charge in [0.2, 0.25) is 23.6 Å². The molecule has 4 N–H and O–H groups in total. The van der Waals surface area contributed by atoms with Crippen molar-refractivity contribution in [3.05, 3.63) is 0 Å². The van der Waals surface area contributed by atoms with Crippen LogP contribution < -0.4 is 16.0 Å². The zero-order chi connectivity index (χ0) is 37.0. The van der Waals surface area contributed by atoms with E-state index in [1.54, 1.807) is 30.8 Å². The summed E-state index contributed by atoms with van der Waals surface area (Å²) in [4.78, 5) is 57.7. The van der Waals surface area contributed by atoms with Gasteiger partial charge >= 0.3 is 0 Å². The Morgan fingerprint density at radius 2 is 1.52 bits per heavy atom. The number of hydrogen-bond acceptors (Lipinski definition) is 8. The highest BCUT2D eigenvalue weighted by atomic mass is 16.5. The molecule has 0 aliphatic carbocycles. The molecule has 1 saturated heterocycles. The van der Waals surface area contributed by atoms with Crippen molar-refractivity contribution >= 4 is 31.5 Å². The number of ether oxygens (including phenoxy) is 2. The molecule has 48 heavy (non-hydrogen) atoms. The monoisotopic (exact) mass is 682 g/mol. The Morgan fingerprint density at radius 1 is 0.938 bits per heavy atom. The maximum atomic E-state index is 14.1. The highest BCUT2D eigenvalue weighted by Gasteiger charge is 2.45. The first-order chi connectivity index (χ1) is 22.4. The van der Waals surface area contributed by atoms with E-state index in [4.69, 9.17) is 9.47 Å². The molecule has 0 aromatic carbocycles. The fourth-order valence-corrected chi connectivity index (χ4v) is 7.19. The third-order valence-corrected chi connectivity index (χ3v) is 9.98. The fourth-order valence-electron chi connectivity index (χ4n) is 7.19. The number of aliphatic hydroxyl groups excluding tert-OH is 1. The molecule has 0 saturated carbocycles. The summed E-state index contributed by atoms with van der Waals surface area (Å²) < 4.78 is 11.8. The van der Waals surface area contributed by atoms with Gasteiger partial charge in [-0.2, -0.15) is 0 Å². The molecular formula is C35H68BN5O7. The molecule has 1 aliphatic heterocycles. The summed E-state index contributed by atoms with van der Waals surface area (Å²) >= 11 is 0. The van der Waals surface area contributed by atoms with Crippen molar-refractivity contribution in [2.75, 3.05) is 34.9 Å². The molecule has 1 heterocycles. The number of carbonyl (C=O) groups is 4. The average Bonchev–Trinajstić information content (AvgIpc) is 3.39. The predicted molar refractivity (Wildman–Crippen MR) is 192 cm³/mol. The zero-order valence-corrected chi connectivity index (χ0v) is 32.3. The Hall–Kier alpha value is -2.22. The number of amides is 4. The third kappa shape index (κ3) is 12.0. The maximum Gasteiger partial charge on any atom is 0.245 e. The van der Waals surface area contributed by atoms with Gasteiger partial charge in [-0.05, 0) is 49.5 Å². The first-order valence-corrected chi connectivity index (χ1v) is 17.9. The van der Waals surface area contributed by atoms with Crippen molar-refractivity contribution in [3.63, 3.8) is 0 Å². The summed E-state index contributed by atoms with van der Waals surface area (Å²) in [5, 5.41) is 19.8. The van der Waals surface area contributed by atoms with Crippen LogP contribution in [-0.4, -0.2) is 130 Å². The Bertz CT molecular complexity index is 1030. The molecule has 1 aliphatic rings. The number of carbonyl (C=O) groups excluding carboxylic acids is 4. The van der Waals surface area contributed by atoms with Gasteiger partial charge < -0.3 is 40.3 Å². The lowest BCUT2D eigenvalue weighted by atomic mass is 9.86. The van der Waals surface area contributed by atoms with Crippen LogP contribution in [0.25, 0.3) is 0 Å². The minimum absolute atomic E-state index is 0.00688. The molecule has 278 valence electrons. The quantitative estimate of drug-likeness (QED) is 0.141. The Morgan fingerprint density at radius 3 is 1.98 bits per heavy atom. The van der Waals surface area contributed by atoms with Crippen LogP contribution in [0.5, 0.6) is 0 Å². The highest BCUT2D eigenvalue weighted by molar-refractivity contribution is 6.13. The van der Waals surface area contributed by atoms with Crippen LogP contribution in [0.3, 0.4) is 0 Å². The van der Waals surface area contributed by atoms with E-state index in [2.05, 4.69) is 29.8 Å². The van der Waals surface area contributed by atoms with Gasteiger partial charge in [-0.15, -0.1) is 0 Å². The lowest BCUT2D eigenvalue weighted by Gasteiger charge is -2.41. The van der Waals surface area contributed by atoms with Gasteiger partial charge in [-0.1, -0.05) is 68.7 Å². The summed E-state index contributed by atoms with van der Waals surface area (Å²) in [5.74, 6) is -1.22. The maximum absolute atomic E-state index is 14.1. The van der Waals surface area contributed by atoms with E-state index in [1.807, 2.05) is 49.4 Å². The number of nitrogens with zero attached hydrogens (tertiary/aromatic N) is 2. The van der Waals surface area contributed by atoms with Crippen LogP contribution in [-0.2, 0) is 28.7 Å². The minimum atomic E-state index is -0.770. The van der Waals surface area contributed by atoms with Gasteiger partial charge in [0.1, 0.15) is 13.9 Å². The highest BCUT2D eigenvalue weighted by Crippen LogP contribution is 2.30. The van der Waals surface area contributed by atoms with Crippen LogP contribution in [0.15, 0.2) is 0 Å². The van der Waals surface area contributed by atoms with E-state index in [1.165, 1.54) is 14.2 Å². The zero-order valence-electron chi connectivity index (χ0n) is 32.3.